The molecule has 0 aliphatic carbocycles. The van der Waals surface area contributed by atoms with Crippen LogP contribution in [0.5, 0.6) is 10.9 Å². The van der Waals surface area contributed by atoms with Crippen LogP contribution in [-0.4, -0.2) is 28.9 Å². The van der Waals surface area contributed by atoms with Crippen LogP contribution < -0.4 is 4.74 Å². The van der Waals surface area contributed by atoms with Gasteiger partial charge in [0.15, 0.2) is 0 Å². The lowest BCUT2D eigenvalue weighted by atomic mass is 9.91. The van der Waals surface area contributed by atoms with Gasteiger partial charge in [-0.25, -0.2) is 4.98 Å². The van der Waals surface area contributed by atoms with Gasteiger partial charge in [-0.1, -0.05) is 25.2 Å². The molecule has 116 valence electrons. The van der Waals surface area contributed by atoms with E-state index in [2.05, 4.69) is 18.8 Å². The number of aromatic nitrogens is 1. The van der Waals surface area contributed by atoms with E-state index >= 15 is 0 Å². The van der Waals surface area contributed by atoms with Crippen LogP contribution in [0.2, 0.25) is 0 Å². The van der Waals surface area contributed by atoms with Crippen molar-refractivity contribution in [3.63, 3.8) is 0 Å². The van der Waals surface area contributed by atoms with E-state index in [-0.39, 0.29) is 5.91 Å². The van der Waals surface area contributed by atoms with Crippen LogP contribution in [0.4, 0.5) is 0 Å². The molecule has 4 nitrogen and oxygen atoms in total. The van der Waals surface area contributed by atoms with Crippen molar-refractivity contribution in [2.24, 2.45) is 11.8 Å². The number of hydrogen-bond acceptors (Lipinski definition) is 4. The number of rotatable bonds is 3. The van der Waals surface area contributed by atoms with Crippen LogP contribution >= 0.6 is 11.3 Å². The normalized spacial score (nSPS) is 21.6. The molecule has 1 aliphatic heterocycles. The molecule has 0 N–H and O–H groups in total. The number of likely N-dealkylation sites (tertiary alicyclic amines) is 1. The van der Waals surface area contributed by atoms with Gasteiger partial charge in [-0.05, 0) is 42.5 Å². The van der Waals surface area contributed by atoms with Crippen molar-refractivity contribution in [2.45, 2.75) is 20.3 Å². The van der Waals surface area contributed by atoms with Crippen molar-refractivity contribution >= 4 is 17.2 Å². The summed E-state index contributed by atoms with van der Waals surface area (Å²) in [6, 6.07) is 7.31. The van der Waals surface area contributed by atoms with E-state index in [9.17, 15) is 4.79 Å². The predicted molar refractivity (Wildman–Crippen MR) is 87.5 cm³/mol. The topological polar surface area (TPSA) is 42.4 Å². The third-order valence-electron chi connectivity index (χ3n) is 3.87. The Kier molecular flexibility index (Phi) is 4.43. The number of hydrogen-bond donors (Lipinski definition) is 0. The summed E-state index contributed by atoms with van der Waals surface area (Å²) in [5, 5.41) is 2.48. The highest BCUT2D eigenvalue weighted by Gasteiger charge is 2.26. The van der Waals surface area contributed by atoms with E-state index < -0.39 is 0 Å². The fourth-order valence-corrected chi connectivity index (χ4v) is 3.54. The first kappa shape index (κ1) is 15.0. The van der Waals surface area contributed by atoms with Crippen LogP contribution in [0.25, 0.3) is 0 Å². The van der Waals surface area contributed by atoms with Crippen molar-refractivity contribution in [2.75, 3.05) is 13.1 Å². The molecular weight excluding hydrogens is 296 g/mol. The lowest BCUT2D eigenvalue weighted by Gasteiger charge is -2.35. The molecule has 1 aromatic carbocycles. The Hall–Kier alpha value is -1.88. The molecule has 1 saturated heterocycles. The second-order valence-electron chi connectivity index (χ2n) is 6.08. The number of nitrogens with zero attached hydrogens (tertiary/aromatic N) is 2. The van der Waals surface area contributed by atoms with E-state index in [0.29, 0.717) is 28.3 Å². The largest absolute Gasteiger partial charge is 0.431 e. The molecule has 2 unspecified atom stereocenters. The molecule has 1 fully saturated rings. The molecule has 0 saturated carbocycles. The maximum absolute atomic E-state index is 12.6. The lowest BCUT2D eigenvalue weighted by Crippen LogP contribution is -2.42. The molecule has 2 heterocycles. The minimum atomic E-state index is 0.110. The highest BCUT2D eigenvalue weighted by atomic mass is 32.1. The number of carbonyl (C=O) groups excluding carboxylic acids is 1. The summed E-state index contributed by atoms with van der Waals surface area (Å²) in [6.07, 6.45) is 2.90. The summed E-state index contributed by atoms with van der Waals surface area (Å²) < 4.78 is 5.62. The fourth-order valence-electron chi connectivity index (χ4n) is 3.04. The minimum Gasteiger partial charge on any atom is -0.431 e. The van der Waals surface area contributed by atoms with Crippen molar-refractivity contribution < 1.29 is 9.53 Å². The first-order valence-corrected chi connectivity index (χ1v) is 8.46. The summed E-state index contributed by atoms with van der Waals surface area (Å²) in [6.45, 7) is 6.11. The molecule has 0 spiro atoms. The molecule has 2 atom stereocenters. The van der Waals surface area contributed by atoms with E-state index in [1.807, 2.05) is 34.5 Å². The van der Waals surface area contributed by atoms with E-state index in [4.69, 9.17) is 4.74 Å². The average Bonchev–Trinajstić information content (AvgIpc) is 2.99. The van der Waals surface area contributed by atoms with Gasteiger partial charge in [-0.3, -0.25) is 4.79 Å². The summed E-state index contributed by atoms with van der Waals surface area (Å²) >= 11 is 1.44. The summed E-state index contributed by atoms with van der Waals surface area (Å²) in [7, 11) is 0. The van der Waals surface area contributed by atoms with Crippen molar-refractivity contribution in [3.05, 3.63) is 41.4 Å². The third kappa shape index (κ3) is 3.47. The SMILES string of the molecule is CC1CC(C)CN(C(=O)c2ccc(Oc3nccs3)cc2)C1. The zero-order chi connectivity index (χ0) is 15.5. The number of amides is 1. The van der Waals surface area contributed by atoms with Gasteiger partial charge in [0.1, 0.15) is 5.75 Å². The minimum absolute atomic E-state index is 0.110. The lowest BCUT2D eigenvalue weighted by molar-refractivity contribution is 0.0623. The first-order chi connectivity index (χ1) is 10.6. The standard InChI is InChI=1S/C17H20N2O2S/c1-12-9-13(2)11-19(10-12)16(20)14-3-5-15(6-4-14)21-17-18-7-8-22-17/h3-8,12-13H,9-11H2,1-2H3. The number of piperidine rings is 1. The van der Waals surface area contributed by atoms with Crippen molar-refractivity contribution in [1.29, 1.82) is 0 Å². The molecule has 1 aromatic heterocycles. The van der Waals surface area contributed by atoms with Gasteiger partial charge in [-0.2, -0.15) is 0 Å². The van der Waals surface area contributed by atoms with Gasteiger partial charge < -0.3 is 9.64 Å². The third-order valence-corrected chi connectivity index (χ3v) is 4.52. The quantitative estimate of drug-likeness (QED) is 0.858. The van der Waals surface area contributed by atoms with Crippen LogP contribution in [-0.2, 0) is 0 Å². The average molecular weight is 316 g/mol. The maximum atomic E-state index is 12.6. The van der Waals surface area contributed by atoms with Gasteiger partial charge in [0, 0.05) is 30.2 Å². The van der Waals surface area contributed by atoms with E-state index in [0.717, 1.165) is 13.1 Å². The Labute approximate surface area is 134 Å². The van der Waals surface area contributed by atoms with Gasteiger partial charge >= 0.3 is 0 Å². The summed E-state index contributed by atoms with van der Waals surface area (Å²) in [5.41, 5.74) is 0.716. The second kappa shape index (κ2) is 6.48. The second-order valence-corrected chi connectivity index (χ2v) is 6.94. The molecule has 22 heavy (non-hydrogen) atoms. The molecule has 3 rings (SSSR count). The van der Waals surface area contributed by atoms with Crippen LogP contribution in [0.3, 0.4) is 0 Å². The van der Waals surface area contributed by atoms with Crippen LogP contribution in [0.15, 0.2) is 35.8 Å². The molecule has 2 aromatic rings. The predicted octanol–water partition coefficient (Wildman–Crippen LogP) is 4.05. The van der Waals surface area contributed by atoms with Crippen LogP contribution in [0.1, 0.15) is 30.6 Å². The Morgan fingerprint density at radius 1 is 1.23 bits per heavy atom. The monoisotopic (exact) mass is 316 g/mol. The molecule has 0 radical (unpaired) electrons. The number of thiazole rings is 1. The first-order valence-electron chi connectivity index (χ1n) is 7.58. The summed E-state index contributed by atoms with van der Waals surface area (Å²) in [4.78, 5) is 18.6. The zero-order valence-electron chi connectivity index (χ0n) is 12.9. The van der Waals surface area contributed by atoms with Crippen LogP contribution in [0, 0.1) is 11.8 Å². The van der Waals surface area contributed by atoms with Gasteiger partial charge in [0.25, 0.3) is 11.1 Å². The summed E-state index contributed by atoms with van der Waals surface area (Å²) in [5.74, 6) is 1.95. The van der Waals surface area contributed by atoms with E-state index in [1.54, 1.807) is 6.20 Å². The zero-order valence-corrected chi connectivity index (χ0v) is 13.7. The van der Waals surface area contributed by atoms with E-state index in [1.165, 1.54) is 17.8 Å². The molecule has 1 amide bonds. The number of carbonyl (C=O) groups is 1. The molecular formula is C17H20N2O2S. The highest BCUT2D eigenvalue weighted by molar-refractivity contribution is 7.11. The fraction of sp³-hybridized carbons (Fsp3) is 0.412. The number of ether oxygens (including phenoxy) is 1. The molecule has 5 heteroatoms. The smallest absolute Gasteiger partial charge is 0.278 e. The molecule has 1 aliphatic rings. The highest BCUT2D eigenvalue weighted by Crippen LogP contribution is 2.25. The van der Waals surface area contributed by atoms with Gasteiger partial charge in [0.2, 0.25) is 0 Å². The Bertz CT molecular complexity index is 615. The molecule has 0 bridgehead atoms. The van der Waals surface area contributed by atoms with Gasteiger partial charge in [-0.15, -0.1) is 0 Å². The Morgan fingerprint density at radius 2 is 1.91 bits per heavy atom. The van der Waals surface area contributed by atoms with Crippen molar-refractivity contribution in [3.8, 4) is 10.9 Å². The maximum Gasteiger partial charge on any atom is 0.278 e. The number of benzene rings is 1. The van der Waals surface area contributed by atoms with Crippen molar-refractivity contribution in [1.82, 2.24) is 9.88 Å². The van der Waals surface area contributed by atoms with Gasteiger partial charge in [0.05, 0.1) is 0 Å². The Balaban J connectivity index is 1.68. The Morgan fingerprint density at radius 3 is 2.50 bits per heavy atom.